The molecule has 44 heavy (non-hydrogen) atoms. The van der Waals surface area contributed by atoms with Gasteiger partial charge in [0.25, 0.3) is 5.91 Å². The molecule has 1 aliphatic heterocycles. The van der Waals surface area contributed by atoms with E-state index in [0.29, 0.717) is 22.6 Å². The van der Waals surface area contributed by atoms with E-state index in [-0.39, 0.29) is 30.9 Å². The van der Waals surface area contributed by atoms with E-state index in [1.54, 1.807) is 55.7 Å². The number of anilines is 2. The minimum Gasteiger partial charge on any atom is -0.496 e. The number of ether oxygens (including phenoxy) is 2. The van der Waals surface area contributed by atoms with Crippen molar-refractivity contribution in [2.45, 2.75) is 45.5 Å². The molecule has 3 aromatic carbocycles. The summed E-state index contributed by atoms with van der Waals surface area (Å²) in [5.41, 5.74) is 0.292. The largest absolute Gasteiger partial charge is 0.496 e. The fourth-order valence-electron chi connectivity index (χ4n) is 4.79. The number of benzene rings is 3. The SMILES string of the molecule is COc1ccccc1C1CN(C(=O)OC(C)(C)C)CCN1C(=O)Nc1cc(NC(=O)c2cccc(C(F)(F)F)c2)ccc1C. The third-order valence-electron chi connectivity index (χ3n) is 6.98. The number of rotatable bonds is 5. The van der Waals surface area contributed by atoms with Crippen LogP contribution in [-0.4, -0.2) is 60.2 Å². The number of amides is 4. The Bertz CT molecular complexity index is 1540. The summed E-state index contributed by atoms with van der Waals surface area (Å²) in [5.74, 6) is -0.177. The molecule has 1 saturated heterocycles. The quantitative estimate of drug-likeness (QED) is 0.320. The minimum atomic E-state index is -4.59. The van der Waals surface area contributed by atoms with Crippen LogP contribution in [0.15, 0.2) is 66.7 Å². The first kappa shape index (κ1) is 32.2. The number of hydrogen-bond acceptors (Lipinski definition) is 5. The summed E-state index contributed by atoms with van der Waals surface area (Å²) in [6.07, 6.45) is -5.07. The van der Waals surface area contributed by atoms with Gasteiger partial charge in [0.1, 0.15) is 11.4 Å². The number of methoxy groups -OCH3 is 1. The molecule has 1 unspecified atom stereocenters. The summed E-state index contributed by atoms with van der Waals surface area (Å²) in [6.45, 7) is 7.71. The number of carbonyl (C=O) groups is 3. The topological polar surface area (TPSA) is 100 Å². The third-order valence-corrected chi connectivity index (χ3v) is 6.98. The molecule has 1 heterocycles. The van der Waals surface area contributed by atoms with Crippen LogP contribution in [0.1, 0.15) is 53.9 Å². The average molecular weight is 613 g/mol. The summed E-state index contributed by atoms with van der Waals surface area (Å²) in [6, 6.07) is 15.1. The van der Waals surface area contributed by atoms with E-state index in [1.165, 1.54) is 25.3 Å². The van der Waals surface area contributed by atoms with Gasteiger partial charge in [-0.15, -0.1) is 0 Å². The number of para-hydroxylation sites is 1. The van der Waals surface area contributed by atoms with Crippen LogP contribution in [-0.2, 0) is 10.9 Å². The van der Waals surface area contributed by atoms with E-state index >= 15 is 0 Å². The number of nitrogens with one attached hydrogen (secondary N) is 2. The molecule has 0 aromatic heterocycles. The molecule has 0 spiro atoms. The Morgan fingerprint density at radius 1 is 0.909 bits per heavy atom. The second kappa shape index (κ2) is 12.9. The van der Waals surface area contributed by atoms with Crippen LogP contribution >= 0.6 is 0 Å². The number of urea groups is 1. The number of hydrogen-bond donors (Lipinski definition) is 2. The predicted molar refractivity (Wildman–Crippen MR) is 160 cm³/mol. The minimum absolute atomic E-state index is 0.159. The molecule has 234 valence electrons. The van der Waals surface area contributed by atoms with Crippen LogP contribution in [0.25, 0.3) is 0 Å². The molecule has 3 aromatic rings. The molecular weight excluding hydrogens is 577 g/mol. The smallest absolute Gasteiger partial charge is 0.416 e. The fraction of sp³-hybridized carbons (Fsp3) is 0.344. The molecule has 1 atom stereocenters. The van der Waals surface area contributed by atoms with E-state index in [1.807, 2.05) is 18.2 Å². The molecule has 1 aliphatic rings. The summed E-state index contributed by atoms with van der Waals surface area (Å²) in [4.78, 5) is 42.6. The Labute approximate surface area is 253 Å². The van der Waals surface area contributed by atoms with Crippen molar-refractivity contribution in [2.24, 2.45) is 0 Å². The Morgan fingerprint density at radius 3 is 2.32 bits per heavy atom. The Kier molecular flexibility index (Phi) is 9.41. The number of carbonyl (C=O) groups excluding carboxylic acids is 3. The van der Waals surface area contributed by atoms with Gasteiger partial charge < -0.3 is 29.9 Å². The van der Waals surface area contributed by atoms with Crippen molar-refractivity contribution in [1.29, 1.82) is 0 Å². The van der Waals surface area contributed by atoms with Gasteiger partial charge in [-0.25, -0.2) is 9.59 Å². The van der Waals surface area contributed by atoms with E-state index in [2.05, 4.69) is 10.6 Å². The van der Waals surface area contributed by atoms with E-state index in [0.717, 1.165) is 12.1 Å². The third kappa shape index (κ3) is 7.80. The highest BCUT2D eigenvalue weighted by molar-refractivity contribution is 6.05. The molecule has 4 amide bonds. The highest BCUT2D eigenvalue weighted by atomic mass is 19.4. The molecule has 9 nitrogen and oxygen atoms in total. The summed E-state index contributed by atoms with van der Waals surface area (Å²) < 4.78 is 50.5. The lowest BCUT2D eigenvalue weighted by molar-refractivity contribution is -0.137. The molecule has 0 bridgehead atoms. The summed E-state index contributed by atoms with van der Waals surface area (Å²) in [5, 5.41) is 5.49. The zero-order chi connectivity index (χ0) is 32.2. The van der Waals surface area contributed by atoms with Crippen LogP contribution < -0.4 is 15.4 Å². The first-order valence-corrected chi connectivity index (χ1v) is 13.9. The van der Waals surface area contributed by atoms with Gasteiger partial charge in [0, 0.05) is 42.1 Å². The maximum atomic E-state index is 13.7. The Morgan fingerprint density at radius 2 is 1.64 bits per heavy atom. The Hall–Kier alpha value is -4.74. The van der Waals surface area contributed by atoms with Crippen LogP contribution in [0.3, 0.4) is 0 Å². The molecule has 1 fully saturated rings. The zero-order valence-electron chi connectivity index (χ0n) is 25.1. The maximum Gasteiger partial charge on any atom is 0.416 e. The van der Waals surface area contributed by atoms with Crippen LogP contribution in [0.4, 0.5) is 34.1 Å². The number of aryl methyl sites for hydroxylation is 1. The molecule has 0 saturated carbocycles. The first-order chi connectivity index (χ1) is 20.7. The Balaban J connectivity index is 1.55. The van der Waals surface area contributed by atoms with E-state index in [4.69, 9.17) is 9.47 Å². The van der Waals surface area contributed by atoms with Crippen LogP contribution in [0.2, 0.25) is 0 Å². The lowest BCUT2D eigenvalue weighted by atomic mass is 10.0. The summed E-state index contributed by atoms with van der Waals surface area (Å²) in [7, 11) is 1.53. The fourth-order valence-corrected chi connectivity index (χ4v) is 4.79. The van der Waals surface area contributed by atoms with Gasteiger partial charge >= 0.3 is 18.3 Å². The lowest BCUT2D eigenvalue weighted by Gasteiger charge is -2.42. The second-order valence-corrected chi connectivity index (χ2v) is 11.4. The van der Waals surface area contributed by atoms with Crippen molar-refractivity contribution < 1.29 is 37.0 Å². The number of nitrogens with zero attached hydrogens (tertiary/aromatic N) is 2. The maximum absolute atomic E-state index is 13.7. The molecule has 4 rings (SSSR count). The van der Waals surface area contributed by atoms with Gasteiger partial charge in [0.2, 0.25) is 0 Å². The molecule has 0 radical (unpaired) electrons. The van der Waals surface area contributed by atoms with Crippen molar-refractivity contribution in [3.63, 3.8) is 0 Å². The van der Waals surface area contributed by atoms with Gasteiger partial charge in [-0.3, -0.25) is 4.79 Å². The van der Waals surface area contributed by atoms with E-state index in [9.17, 15) is 27.6 Å². The van der Waals surface area contributed by atoms with E-state index < -0.39 is 41.4 Å². The molecule has 12 heteroatoms. The highest BCUT2D eigenvalue weighted by Gasteiger charge is 2.37. The lowest BCUT2D eigenvalue weighted by Crippen LogP contribution is -2.54. The number of piperazine rings is 1. The van der Waals surface area contributed by atoms with Gasteiger partial charge in [-0.05, 0) is 69.7 Å². The first-order valence-electron chi connectivity index (χ1n) is 13.9. The van der Waals surface area contributed by atoms with Crippen molar-refractivity contribution in [1.82, 2.24) is 9.80 Å². The monoisotopic (exact) mass is 612 g/mol. The second-order valence-electron chi connectivity index (χ2n) is 11.4. The molecule has 2 N–H and O–H groups in total. The predicted octanol–water partition coefficient (Wildman–Crippen LogP) is 7.10. The van der Waals surface area contributed by atoms with Crippen LogP contribution in [0.5, 0.6) is 5.75 Å². The highest BCUT2D eigenvalue weighted by Crippen LogP contribution is 2.34. The van der Waals surface area contributed by atoms with Crippen molar-refractivity contribution >= 4 is 29.4 Å². The van der Waals surface area contributed by atoms with Gasteiger partial charge in [-0.2, -0.15) is 13.2 Å². The van der Waals surface area contributed by atoms with Gasteiger partial charge in [0.05, 0.1) is 18.7 Å². The standard InChI is InChI=1S/C32H35F3N4O5/c1-20-13-14-23(36-28(40)21-9-8-10-22(17-21)32(33,34)35)18-25(20)37-29(41)39-16-15-38(30(42)44-31(2,3)4)19-26(39)24-11-6-7-12-27(24)43-5/h6-14,17-18,26H,15-16,19H2,1-5H3,(H,36,40)(H,37,41). The van der Waals surface area contributed by atoms with Crippen molar-refractivity contribution in [3.05, 3.63) is 89.0 Å². The van der Waals surface area contributed by atoms with Crippen LogP contribution in [0, 0.1) is 6.92 Å². The zero-order valence-corrected chi connectivity index (χ0v) is 25.1. The van der Waals surface area contributed by atoms with Gasteiger partial charge in [0.15, 0.2) is 0 Å². The average Bonchev–Trinajstić information content (AvgIpc) is 2.97. The summed E-state index contributed by atoms with van der Waals surface area (Å²) >= 11 is 0. The van der Waals surface area contributed by atoms with Crippen molar-refractivity contribution in [3.8, 4) is 5.75 Å². The number of alkyl halides is 3. The van der Waals surface area contributed by atoms with Gasteiger partial charge in [-0.1, -0.05) is 30.3 Å². The van der Waals surface area contributed by atoms with Crippen molar-refractivity contribution in [2.75, 3.05) is 37.4 Å². The normalized spacial score (nSPS) is 15.4. The molecule has 0 aliphatic carbocycles. The number of halogens is 3. The molecular formula is C32H35F3N4O5.